The van der Waals surface area contributed by atoms with Gasteiger partial charge < -0.3 is 14.4 Å². The van der Waals surface area contributed by atoms with Crippen LogP contribution >= 0.6 is 0 Å². The van der Waals surface area contributed by atoms with Crippen LogP contribution in [0.3, 0.4) is 0 Å². The van der Waals surface area contributed by atoms with E-state index in [1.165, 1.54) is 30.3 Å². The van der Waals surface area contributed by atoms with Gasteiger partial charge in [-0.15, -0.1) is 0 Å². The first-order valence-electron chi connectivity index (χ1n) is 9.11. The summed E-state index contributed by atoms with van der Waals surface area (Å²) >= 11 is 0. The molecule has 0 N–H and O–H groups in total. The lowest BCUT2D eigenvalue weighted by Crippen LogP contribution is -2.19. The number of rotatable bonds is 7. The zero-order valence-electron chi connectivity index (χ0n) is 16.3. The lowest BCUT2D eigenvalue weighted by molar-refractivity contribution is 0.0875. The normalized spacial score (nSPS) is 10.8. The van der Waals surface area contributed by atoms with Crippen molar-refractivity contribution in [1.29, 1.82) is 0 Å². The molecule has 0 unspecified atom stereocenters. The van der Waals surface area contributed by atoms with E-state index in [0.29, 0.717) is 29.8 Å². The molecule has 0 aliphatic rings. The summed E-state index contributed by atoms with van der Waals surface area (Å²) in [6.07, 6.45) is 0. The molecule has 7 heteroatoms. The van der Waals surface area contributed by atoms with Gasteiger partial charge in [-0.1, -0.05) is 5.92 Å². The molecule has 5 nitrogen and oxygen atoms in total. The molecule has 0 saturated carbocycles. The van der Waals surface area contributed by atoms with Crippen LogP contribution in [-0.2, 0) is 4.74 Å². The summed E-state index contributed by atoms with van der Waals surface area (Å²) in [5.74, 6) is 5.29. The topological polar surface area (TPSA) is 47.5 Å². The van der Waals surface area contributed by atoms with Gasteiger partial charge in [0.1, 0.15) is 18.2 Å². The molecule has 0 bridgehead atoms. The van der Waals surface area contributed by atoms with Crippen molar-refractivity contribution in [2.45, 2.75) is 0 Å². The van der Waals surface area contributed by atoms with E-state index in [4.69, 9.17) is 9.47 Å². The number of likely N-dealkylation sites (N-methyl/N-ethyl adjacent to an activating group) is 1. The van der Waals surface area contributed by atoms with E-state index >= 15 is 0 Å². The SMILES string of the molecule is CN(C)CCOCCOc1nc2ccc(F)cc2nc1C#Cc1ccc(F)cc1. The van der Waals surface area contributed by atoms with Crippen LogP contribution in [0.25, 0.3) is 11.0 Å². The van der Waals surface area contributed by atoms with Gasteiger partial charge in [0, 0.05) is 18.2 Å². The average Bonchev–Trinajstić information content (AvgIpc) is 2.70. The molecule has 0 aliphatic carbocycles. The standard InChI is InChI=1S/C22H21F2N3O2/c1-27(2)11-12-28-13-14-29-22-20(9-5-16-3-6-17(23)7-4-16)25-21-15-18(24)8-10-19(21)26-22/h3-4,6-8,10,15H,11-14H2,1-2H3. The molecule has 0 amide bonds. The van der Waals surface area contributed by atoms with Crippen LogP contribution in [0.4, 0.5) is 8.78 Å². The average molecular weight is 397 g/mol. The van der Waals surface area contributed by atoms with Crippen molar-refractivity contribution in [2.24, 2.45) is 0 Å². The summed E-state index contributed by atoms with van der Waals surface area (Å²) in [7, 11) is 3.94. The molecular weight excluding hydrogens is 376 g/mol. The van der Waals surface area contributed by atoms with Crippen LogP contribution in [0.5, 0.6) is 5.88 Å². The minimum Gasteiger partial charge on any atom is -0.473 e. The van der Waals surface area contributed by atoms with E-state index in [0.717, 1.165) is 6.54 Å². The first kappa shape index (κ1) is 20.6. The Morgan fingerprint density at radius 1 is 0.862 bits per heavy atom. The Labute approximate surface area is 168 Å². The lowest BCUT2D eigenvalue weighted by atomic mass is 10.2. The van der Waals surface area contributed by atoms with E-state index in [1.54, 1.807) is 12.1 Å². The van der Waals surface area contributed by atoms with E-state index in [1.807, 2.05) is 19.0 Å². The molecule has 0 aliphatic heterocycles. The summed E-state index contributed by atoms with van der Waals surface area (Å²) in [4.78, 5) is 10.8. The highest BCUT2D eigenvalue weighted by molar-refractivity contribution is 5.75. The van der Waals surface area contributed by atoms with Crippen molar-refractivity contribution in [2.75, 3.05) is 40.5 Å². The number of ether oxygens (including phenoxy) is 2. The number of hydrogen-bond acceptors (Lipinski definition) is 5. The fourth-order valence-electron chi connectivity index (χ4n) is 2.40. The second kappa shape index (κ2) is 9.92. The Morgan fingerprint density at radius 3 is 2.38 bits per heavy atom. The molecule has 2 aromatic carbocycles. The van der Waals surface area contributed by atoms with Crippen molar-refractivity contribution in [3.63, 3.8) is 0 Å². The molecule has 0 saturated heterocycles. The smallest absolute Gasteiger partial charge is 0.249 e. The van der Waals surface area contributed by atoms with E-state index in [2.05, 4.69) is 21.8 Å². The summed E-state index contributed by atoms with van der Waals surface area (Å²) in [5, 5.41) is 0. The van der Waals surface area contributed by atoms with E-state index < -0.39 is 5.82 Å². The predicted molar refractivity (Wildman–Crippen MR) is 107 cm³/mol. The fourth-order valence-corrected chi connectivity index (χ4v) is 2.40. The van der Waals surface area contributed by atoms with Gasteiger partial charge in [-0.05, 0) is 56.4 Å². The summed E-state index contributed by atoms with van der Waals surface area (Å²) in [6.45, 7) is 2.08. The van der Waals surface area contributed by atoms with Crippen LogP contribution in [0.1, 0.15) is 11.3 Å². The Kier molecular flexibility index (Phi) is 7.06. The first-order chi connectivity index (χ1) is 14.0. The number of fused-ring (bicyclic) bond motifs is 1. The second-order valence-electron chi connectivity index (χ2n) is 6.53. The van der Waals surface area contributed by atoms with Crippen LogP contribution in [0.2, 0.25) is 0 Å². The monoisotopic (exact) mass is 397 g/mol. The van der Waals surface area contributed by atoms with Crippen molar-refractivity contribution in [3.8, 4) is 17.7 Å². The zero-order valence-corrected chi connectivity index (χ0v) is 16.3. The van der Waals surface area contributed by atoms with Gasteiger partial charge in [-0.3, -0.25) is 0 Å². The van der Waals surface area contributed by atoms with Crippen molar-refractivity contribution in [3.05, 3.63) is 65.4 Å². The minimum atomic E-state index is -0.410. The minimum absolute atomic E-state index is 0.245. The van der Waals surface area contributed by atoms with Crippen LogP contribution in [0, 0.1) is 23.5 Å². The highest BCUT2D eigenvalue weighted by atomic mass is 19.1. The number of benzene rings is 2. The Balaban J connectivity index is 1.79. The van der Waals surface area contributed by atoms with Gasteiger partial charge in [-0.25, -0.2) is 18.7 Å². The molecular formula is C22H21F2N3O2. The summed E-state index contributed by atoms with van der Waals surface area (Å²) in [6, 6.07) is 9.93. The molecule has 0 radical (unpaired) electrons. The molecule has 1 aromatic heterocycles. The first-order valence-corrected chi connectivity index (χ1v) is 9.11. The fraction of sp³-hybridized carbons (Fsp3) is 0.273. The van der Waals surface area contributed by atoms with Gasteiger partial charge >= 0.3 is 0 Å². The van der Waals surface area contributed by atoms with Crippen molar-refractivity contribution >= 4 is 11.0 Å². The Hall–Kier alpha value is -3.08. The van der Waals surface area contributed by atoms with Crippen molar-refractivity contribution in [1.82, 2.24) is 14.9 Å². The highest BCUT2D eigenvalue weighted by Crippen LogP contribution is 2.19. The largest absolute Gasteiger partial charge is 0.473 e. The third-order valence-electron chi connectivity index (χ3n) is 3.91. The molecule has 29 heavy (non-hydrogen) atoms. The number of nitrogens with zero attached hydrogens (tertiary/aromatic N) is 3. The van der Waals surface area contributed by atoms with Gasteiger partial charge in [0.15, 0.2) is 5.69 Å². The molecule has 3 aromatic rings. The summed E-state index contributed by atoms with van der Waals surface area (Å²) < 4.78 is 37.8. The zero-order chi connectivity index (χ0) is 20.6. The van der Waals surface area contributed by atoms with Crippen LogP contribution < -0.4 is 4.74 Å². The lowest BCUT2D eigenvalue weighted by Gasteiger charge is -2.11. The highest BCUT2D eigenvalue weighted by Gasteiger charge is 2.10. The van der Waals surface area contributed by atoms with Gasteiger partial charge in [0.25, 0.3) is 0 Å². The predicted octanol–water partition coefficient (Wildman–Crippen LogP) is 3.26. The molecule has 150 valence electrons. The molecule has 0 fully saturated rings. The molecule has 0 atom stereocenters. The molecule has 3 rings (SSSR count). The molecule has 1 heterocycles. The maximum atomic E-state index is 13.5. The third-order valence-corrected chi connectivity index (χ3v) is 3.91. The third kappa shape index (κ3) is 6.21. The maximum Gasteiger partial charge on any atom is 0.249 e. The number of hydrogen-bond donors (Lipinski definition) is 0. The number of halogens is 2. The van der Waals surface area contributed by atoms with Crippen molar-refractivity contribution < 1.29 is 18.3 Å². The summed E-state index contributed by atoms with van der Waals surface area (Å²) in [5.41, 5.74) is 1.77. The quantitative estimate of drug-likeness (QED) is 0.452. The Morgan fingerprint density at radius 2 is 1.62 bits per heavy atom. The van der Waals surface area contributed by atoms with E-state index in [-0.39, 0.29) is 24.0 Å². The maximum absolute atomic E-state index is 13.5. The van der Waals surface area contributed by atoms with Crippen LogP contribution in [0.15, 0.2) is 42.5 Å². The van der Waals surface area contributed by atoms with E-state index in [9.17, 15) is 8.78 Å². The van der Waals surface area contributed by atoms with Crippen LogP contribution in [-0.4, -0.2) is 55.3 Å². The van der Waals surface area contributed by atoms with Gasteiger partial charge in [-0.2, -0.15) is 0 Å². The molecule has 0 spiro atoms. The second-order valence-corrected chi connectivity index (χ2v) is 6.53. The van der Waals surface area contributed by atoms with Gasteiger partial charge in [0.2, 0.25) is 5.88 Å². The number of aromatic nitrogens is 2. The Bertz CT molecular complexity index is 1030. The van der Waals surface area contributed by atoms with Gasteiger partial charge in [0.05, 0.1) is 24.2 Å².